The van der Waals surface area contributed by atoms with Gasteiger partial charge in [0.25, 0.3) is 5.91 Å². The molecular formula is C20H30N4O2. The molecule has 1 N–H and O–H groups in total. The summed E-state index contributed by atoms with van der Waals surface area (Å²) in [5.74, 6) is 1.23. The molecule has 0 saturated carbocycles. The van der Waals surface area contributed by atoms with Crippen molar-refractivity contribution in [1.82, 2.24) is 15.2 Å². The molecule has 2 amide bonds. The van der Waals surface area contributed by atoms with E-state index in [1.807, 2.05) is 19.9 Å². The lowest BCUT2D eigenvalue weighted by Gasteiger charge is -2.36. The van der Waals surface area contributed by atoms with E-state index < -0.39 is 0 Å². The Balaban J connectivity index is 1.57. The number of nitrogens with zero attached hydrogens (tertiary/aromatic N) is 3. The van der Waals surface area contributed by atoms with Crippen molar-refractivity contribution in [2.75, 3.05) is 31.1 Å². The van der Waals surface area contributed by atoms with Gasteiger partial charge in [-0.05, 0) is 58.1 Å². The number of hydrogen-bond donors (Lipinski definition) is 1. The summed E-state index contributed by atoms with van der Waals surface area (Å²) in [5, 5.41) is 2.91. The van der Waals surface area contributed by atoms with Crippen LogP contribution in [0.1, 0.15) is 56.3 Å². The van der Waals surface area contributed by atoms with Crippen LogP contribution in [0.5, 0.6) is 0 Å². The second-order valence-corrected chi connectivity index (χ2v) is 7.68. The number of rotatable bonds is 4. The van der Waals surface area contributed by atoms with Crippen molar-refractivity contribution in [2.45, 2.75) is 52.0 Å². The zero-order chi connectivity index (χ0) is 18.5. The molecule has 0 aromatic carbocycles. The topological polar surface area (TPSA) is 65.5 Å². The zero-order valence-corrected chi connectivity index (χ0v) is 15.9. The third-order valence-corrected chi connectivity index (χ3v) is 5.26. The molecule has 6 nitrogen and oxygen atoms in total. The van der Waals surface area contributed by atoms with Gasteiger partial charge >= 0.3 is 0 Å². The van der Waals surface area contributed by atoms with Crippen LogP contribution in [0.3, 0.4) is 0 Å². The van der Waals surface area contributed by atoms with E-state index in [2.05, 4.69) is 20.1 Å². The van der Waals surface area contributed by atoms with Crippen molar-refractivity contribution < 1.29 is 9.59 Å². The van der Waals surface area contributed by atoms with Crippen LogP contribution in [0.15, 0.2) is 18.3 Å². The largest absolute Gasteiger partial charge is 0.357 e. The van der Waals surface area contributed by atoms with Crippen molar-refractivity contribution in [2.24, 2.45) is 5.92 Å². The molecule has 0 aliphatic carbocycles. The van der Waals surface area contributed by atoms with Gasteiger partial charge in [0, 0.05) is 49.9 Å². The number of hydrogen-bond acceptors (Lipinski definition) is 4. The lowest BCUT2D eigenvalue weighted by molar-refractivity contribution is -0.137. The van der Waals surface area contributed by atoms with Gasteiger partial charge in [0.1, 0.15) is 5.82 Å². The molecule has 2 aliphatic heterocycles. The molecule has 3 heterocycles. The van der Waals surface area contributed by atoms with E-state index in [1.54, 1.807) is 12.3 Å². The second kappa shape index (κ2) is 8.52. The molecule has 1 aromatic rings. The highest BCUT2D eigenvalue weighted by atomic mass is 16.2. The van der Waals surface area contributed by atoms with Crippen LogP contribution in [0, 0.1) is 5.92 Å². The van der Waals surface area contributed by atoms with Crippen LogP contribution >= 0.6 is 0 Å². The first-order valence-corrected chi connectivity index (χ1v) is 9.85. The first-order valence-electron chi connectivity index (χ1n) is 9.85. The molecule has 0 radical (unpaired) electrons. The van der Waals surface area contributed by atoms with E-state index >= 15 is 0 Å². The standard InChI is InChI=1S/C20H30N4O2/c1-15(2)22-19(25)17-6-9-21-18(14-17)23-12-7-16(8-13-23)20(26)24-10-4-3-5-11-24/h6,9,14-16H,3-5,7-8,10-13H2,1-2H3,(H,22,25). The Labute approximate surface area is 156 Å². The number of likely N-dealkylation sites (tertiary alicyclic amines) is 1. The predicted molar refractivity (Wildman–Crippen MR) is 102 cm³/mol. The van der Waals surface area contributed by atoms with Crippen LogP contribution in [-0.2, 0) is 4.79 Å². The fourth-order valence-corrected chi connectivity index (χ4v) is 3.81. The maximum atomic E-state index is 12.7. The summed E-state index contributed by atoms with van der Waals surface area (Å²) in [6.45, 7) is 7.37. The number of amides is 2. The van der Waals surface area contributed by atoms with E-state index in [-0.39, 0.29) is 17.9 Å². The van der Waals surface area contributed by atoms with Crippen molar-refractivity contribution in [3.63, 3.8) is 0 Å². The Morgan fingerprint density at radius 3 is 2.46 bits per heavy atom. The van der Waals surface area contributed by atoms with E-state index in [0.29, 0.717) is 11.5 Å². The van der Waals surface area contributed by atoms with E-state index in [1.165, 1.54) is 6.42 Å². The van der Waals surface area contributed by atoms with Gasteiger partial charge in [-0.2, -0.15) is 0 Å². The summed E-state index contributed by atoms with van der Waals surface area (Å²) < 4.78 is 0. The molecule has 0 spiro atoms. The summed E-state index contributed by atoms with van der Waals surface area (Å²) in [4.78, 5) is 33.6. The lowest BCUT2D eigenvalue weighted by Crippen LogP contribution is -2.44. The monoisotopic (exact) mass is 358 g/mol. The number of nitrogens with one attached hydrogen (secondary N) is 1. The number of carbonyl (C=O) groups excluding carboxylic acids is 2. The molecule has 2 saturated heterocycles. The van der Waals surface area contributed by atoms with Gasteiger partial charge in [-0.25, -0.2) is 4.98 Å². The smallest absolute Gasteiger partial charge is 0.251 e. The number of anilines is 1. The Kier molecular flexibility index (Phi) is 6.12. The summed E-state index contributed by atoms with van der Waals surface area (Å²) in [5.41, 5.74) is 0.634. The van der Waals surface area contributed by atoms with Crippen LogP contribution in [-0.4, -0.2) is 53.9 Å². The van der Waals surface area contributed by atoms with Gasteiger partial charge in [0.2, 0.25) is 5.91 Å². The third-order valence-electron chi connectivity index (χ3n) is 5.26. The molecule has 1 aromatic heterocycles. The first kappa shape index (κ1) is 18.7. The Hall–Kier alpha value is -2.11. The van der Waals surface area contributed by atoms with E-state index in [4.69, 9.17) is 0 Å². The molecular weight excluding hydrogens is 328 g/mol. The van der Waals surface area contributed by atoms with E-state index in [9.17, 15) is 9.59 Å². The first-order chi connectivity index (χ1) is 12.5. The predicted octanol–water partition coefficient (Wildman–Crippen LogP) is 2.45. The zero-order valence-electron chi connectivity index (χ0n) is 15.9. The fourth-order valence-electron chi connectivity index (χ4n) is 3.81. The Morgan fingerprint density at radius 1 is 1.12 bits per heavy atom. The van der Waals surface area contributed by atoms with Crippen LogP contribution in [0.4, 0.5) is 5.82 Å². The molecule has 2 aliphatic rings. The number of pyridine rings is 1. The molecule has 0 atom stereocenters. The van der Waals surface area contributed by atoms with Gasteiger partial charge in [0.05, 0.1) is 0 Å². The lowest BCUT2D eigenvalue weighted by atomic mass is 9.94. The average molecular weight is 358 g/mol. The van der Waals surface area contributed by atoms with Crippen molar-refractivity contribution in [3.8, 4) is 0 Å². The minimum Gasteiger partial charge on any atom is -0.357 e. The molecule has 0 bridgehead atoms. The highest BCUT2D eigenvalue weighted by Crippen LogP contribution is 2.25. The number of aromatic nitrogens is 1. The van der Waals surface area contributed by atoms with Gasteiger partial charge in [0.15, 0.2) is 0 Å². The minimum absolute atomic E-state index is 0.0705. The minimum atomic E-state index is -0.0705. The molecule has 6 heteroatoms. The Bertz CT molecular complexity index is 632. The SMILES string of the molecule is CC(C)NC(=O)c1ccnc(N2CCC(C(=O)N3CCCCC3)CC2)c1. The van der Waals surface area contributed by atoms with Crippen LogP contribution in [0.25, 0.3) is 0 Å². The fraction of sp³-hybridized carbons (Fsp3) is 0.650. The van der Waals surface area contributed by atoms with Gasteiger partial charge in [-0.1, -0.05) is 0 Å². The van der Waals surface area contributed by atoms with Crippen LogP contribution in [0.2, 0.25) is 0 Å². The average Bonchev–Trinajstić information content (AvgIpc) is 2.68. The van der Waals surface area contributed by atoms with Gasteiger partial charge in [-0.15, -0.1) is 0 Å². The normalized spacial score (nSPS) is 18.9. The summed E-state index contributed by atoms with van der Waals surface area (Å²) in [7, 11) is 0. The maximum Gasteiger partial charge on any atom is 0.251 e. The maximum absolute atomic E-state index is 12.7. The summed E-state index contributed by atoms with van der Waals surface area (Å²) in [6, 6.07) is 3.70. The third kappa shape index (κ3) is 4.54. The number of carbonyl (C=O) groups is 2. The molecule has 2 fully saturated rings. The molecule has 142 valence electrons. The van der Waals surface area contributed by atoms with Gasteiger partial charge in [-0.3, -0.25) is 9.59 Å². The highest BCUT2D eigenvalue weighted by molar-refractivity contribution is 5.95. The van der Waals surface area contributed by atoms with E-state index in [0.717, 1.165) is 57.7 Å². The second-order valence-electron chi connectivity index (χ2n) is 7.68. The quantitative estimate of drug-likeness (QED) is 0.898. The summed E-state index contributed by atoms with van der Waals surface area (Å²) in [6.07, 6.45) is 6.93. The molecule has 3 rings (SSSR count). The van der Waals surface area contributed by atoms with Crippen molar-refractivity contribution in [3.05, 3.63) is 23.9 Å². The summed E-state index contributed by atoms with van der Waals surface area (Å²) >= 11 is 0. The highest BCUT2D eigenvalue weighted by Gasteiger charge is 2.29. The Morgan fingerprint density at radius 2 is 1.81 bits per heavy atom. The van der Waals surface area contributed by atoms with Crippen molar-refractivity contribution >= 4 is 17.6 Å². The molecule has 0 unspecified atom stereocenters. The van der Waals surface area contributed by atoms with Crippen molar-refractivity contribution in [1.29, 1.82) is 0 Å². The van der Waals surface area contributed by atoms with Crippen LogP contribution < -0.4 is 10.2 Å². The molecule has 26 heavy (non-hydrogen) atoms. The van der Waals surface area contributed by atoms with Gasteiger partial charge < -0.3 is 15.1 Å². The number of piperidine rings is 2.